The van der Waals surface area contributed by atoms with E-state index in [9.17, 15) is 0 Å². The van der Waals surface area contributed by atoms with Gasteiger partial charge >= 0.3 is 0 Å². The molecule has 106 valence electrons. The van der Waals surface area contributed by atoms with Crippen LogP contribution in [-0.2, 0) is 6.54 Å². The second-order valence-corrected chi connectivity index (χ2v) is 6.31. The molecule has 1 saturated heterocycles. The Morgan fingerprint density at radius 3 is 2.89 bits per heavy atom. The van der Waals surface area contributed by atoms with Gasteiger partial charge in [0.25, 0.3) is 0 Å². The molecule has 1 atom stereocenters. The zero-order chi connectivity index (χ0) is 13.8. The molecule has 1 unspecified atom stereocenters. The molecule has 1 aromatic carbocycles. The average molecular weight is 327 g/mol. The summed E-state index contributed by atoms with van der Waals surface area (Å²) in [4.78, 5) is 2.58. The minimum absolute atomic E-state index is 0.620. The standard InChI is InChI=1S/C15H23BrN2O/c1-11(2)14-9-17-6-7-18(14)10-12-4-5-15(19-3)13(16)8-12/h4-5,8,11,14,17H,6-7,9-10H2,1-3H3. The van der Waals surface area contributed by atoms with Crippen molar-refractivity contribution < 1.29 is 4.74 Å². The summed E-state index contributed by atoms with van der Waals surface area (Å²) in [5.41, 5.74) is 1.33. The molecule has 1 aromatic rings. The van der Waals surface area contributed by atoms with Crippen LogP contribution in [0.15, 0.2) is 22.7 Å². The van der Waals surface area contributed by atoms with E-state index in [1.54, 1.807) is 7.11 Å². The summed E-state index contributed by atoms with van der Waals surface area (Å²) in [5.74, 6) is 1.57. The summed E-state index contributed by atoms with van der Waals surface area (Å²) in [5, 5.41) is 3.49. The highest BCUT2D eigenvalue weighted by atomic mass is 79.9. The van der Waals surface area contributed by atoms with Crippen molar-refractivity contribution in [2.75, 3.05) is 26.7 Å². The van der Waals surface area contributed by atoms with Gasteiger partial charge in [-0.05, 0) is 39.5 Å². The van der Waals surface area contributed by atoms with Gasteiger partial charge in [-0.3, -0.25) is 4.90 Å². The zero-order valence-corrected chi connectivity index (χ0v) is 13.5. The third-order valence-electron chi connectivity index (χ3n) is 3.77. The maximum atomic E-state index is 5.28. The van der Waals surface area contributed by atoms with Crippen LogP contribution in [0.4, 0.5) is 0 Å². The van der Waals surface area contributed by atoms with Gasteiger partial charge in [-0.25, -0.2) is 0 Å². The fourth-order valence-electron chi connectivity index (χ4n) is 2.66. The van der Waals surface area contributed by atoms with Crippen LogP contribution in [0.5, 0.6) is 5.75 Å². The lowest BCUT2D eigenvalue weighted by atomic mass is 10.00. The van der Waals surface area contributed by atoms with Crippen molar-refractivity contribution >= 4 is 15.9 Å². The van der Waals surface area contributed by atoms with Crippen molar-refractivity contribution in [3.05, 3.63) is 28.2 Å². The number of ether oxygens (including phenoxy) is 1. The van der Waals surface area contributed by atoms with Gasteiger partial charge in [0.05, 0.1) is 11.6 Å². The maximum absolute atomic E-state index is 5.28. The third kappa shape index (κ3) is 3.71. The Morgan fingerprint density at radius 2 is 2.26 bits per heavy atom. The van der Waals surface area contributed by atoms with Gasteiger partial charge in [-0.1, -0.05) is 19.9 Å². The molecule has 1 N–H and O–H groups in total. The van der Waals surface area contributed by atoms with E-state index < -0.39 is 0 Å². The smallest absolute Gasteiger partial charge is 0.133 e. The van der Waals surface area contributed by atoms with E-state index in [4.69, 9.17) is 4.74 Å². The summed E-state index contributed by atoms with van der Waals surface area (Å²) >= 11 is 3.56. The molecule has 2 rings (SSSR count). The predicted octanol–water partition coefficient (Wildman–Crippen LogP) is 2.89. The largest absolute Gasteiger partial charge is 0.496 e. The Balaban J connectivity index is 2.08. The molecule has 3 nitrogen and oxygen atoms in total. The van der Waals surface area contributed by atoms with Crippen LogP contribution >= 0.6 is 15.9 Å². The lowest BCUT2D eigenvalue weighted by Gasteiger charge is -2.38. The van der Waals surface area contributed by atoms with Gasteiger partial charge in [0.2, 0.25) is 0 Å². The first-order valence-electron chi connectivity index (χ1n) is 6.89. The second-order valence-electron chi connectivity index (χ2n) is 5.45. The highest BCUT2D eigenvalue weighted by Gasteiger charge is 2.24. The molecule has 1 aliphatic heterocycles. The number of nitrogens with one attached hydrogen (secondary N) is 1. The molecule has 0 bridgehead atoms. The number of halogens is 1. The molecular formula is C15H23BrN2O. The van der Waals surface area contributed by atoms with Crippen LogP contribution in [0.2, 0.25) is 0 Å². The van der Waals surface area contributed by atoms with Crippen LogP contribution < -0.4 is 10.1 Å². The monoisotopic (exact) mass is 326 g/mol. The van der Waals surface area contributed by atoms with Gasteiger partial charge in [0, 0.05) is 32.2 Å². The van der Waals surface area contributed by atoms with E-state index in [-0.39, 0.29) is 0 Å². The van der Waals surface area contributed by atoms with Crippen molar-refractivity contribution in [2.45, 2.75) is 26.4 Å². The van der Waals surface area contributed by atoms with Gasteiger partial charge in [0.1, 0.15) is 5.75 Å². The SMILES string of the molecule is COc1ccc(CN2CCNCC2C(C)C)cc1Br. The first-order chi connectivity index (χ1) is 9.11. The summed E-state index contributed by atoms with van der Waals surface area (Å²) in [6, 6.07) is 6.97. The van der Waals surface area contributed by atoms with E-state index in [1.165, 1.54) is 5.56 Å². The molecule has 0 aromatic heterocycles. The fourth-order valence-corrected chi connectivity index (χ4v) is 3.25. The molecule has 0 saturated carbocycles. The normalized spacial score (nSPS) is 20.8. The summed E-state index contributed by atoms with van der Waals surface area (Å²) in [6.45, 7) is 8.90. The Labute approximate surface area is 124 Å². The van der Waals surface area contributed by atoms with Crippen LogP contribution in [0, 0.1) is 5.92 Å². The van der Waals surface area contributed by atoms with Crippen molar-refractivity contribution in [3.8, 4) is 5.75 Å². The van der Waals surface area contributed by atoms with Crippen molar-refractivity contribution in [1.82, 2.24) is 10.2 Å². The van der Waals surface area contributed by atoms with E-state index in [0.29, 0.717) is 12.0 Å². The number of benzene rings is 1. The molecule has 19 heavy (non-hydrogen) atoms. The number of piperazine rings is 1. The van der Waals surface area contributed by atoms with Crippen LogP contribution in [-0.4, -0.2) is 37.7 Å². The Hall–Kier alpha value is -0.580. The second kappa shape index (κ2) is 6.73. The van der Waals surface area contributed by atoms with E-state index in [1.807, 2.05) is 6.07 Å². The summed E-state index contributed by atoms with van der Waals surface area (Å²) < 4.78 is 6.31. The molecule has 0 radical (unpaired) electrons. The Morgan fingerprint density at radius 1 is 1.47 bits per heavy atom. The average Bonchev–Trinajstić information content (AvgIpc) is 2.39. The highest BCUT2D eigenvalue weighted by molar-refractivity contribution is 9.10. The van der Waals surface area contributed by atoms with Gasteiger partial charge in [-0.15, -0.1) is 0 Å². The highest BCUT2D eigenvalue weighted by Crippen LogP contribution is 2.26. The van der Waals surface area contributed by atoms with Gasteiger partial charge < -0.3 is 10.1 Å². The van der Waals surface area contributed by atoms with Crippen molar-refractivity contribution in [3.63, 3.8) is 0 Å². The van der Waals surface area contributed by atoms with Crippen molar-refractivity contribution in [1.29, 1.82) is 0 Å². The predicted molar refractivity (Wildman–Crippen MR) is 82.6 cm³/mol. The number of rotatable bonds is 4. The number of nitrogens with zero attached hydrogens (tertiary/aromatic N) is 1. The molecule has 1 aliphatic rings. The molecule has 0 aliphatic carbocycles. The Bertz CT molecular complexity index is 423. The fraction of sp³-hybridized carbons (Fsp3) is 0.600. The van der Waals surface area contributed by atoms with E-state index in [2.05, 4.69) is 52.1 Å². The van der Waals surface area contributed by atoms with Crippen LogP contribution in [0.25, 0.3) is 0 Å². The maximum Gasteiger partial charge on any atom is 0.133 e. The third-order valence-corrected chi connectivity index (χ3v) is 4.39. The Kier molecular flexibility index (Phi) is 5.25. The van der Waals surface area contributed by atoms with Crippen molar-refractivity contribution in [2.24, 2.45) is 5.92 Å². The van der Waals surface area contributed by atoms with Crippen LogP contribution in [0.3, 0.4) is 0 Å². The topological polar surface area (TPSA) is 24.5 Å². The minimum Gasteiger partial charge on any atom is -0.496 e. The number of hydrogen-bond donors (Lipinski definition) is 1. The summed E-state index contributed by atoms with van der Waals surface area (Å²) in [7, 11) is 1.70. The first-order valence-corrected chi connectivity index (χ1v) is 7.68. The molecule has 0 spiro atoms. The van der Waals surface area contributed by atoms with Gasteiger partial charge in [0.15, 0.2) is 0 Å². The number of methoxy groups -OCH3 is 1. The molecular weight excluding hydrogens is 304 g/mol. The lowest BCUT2D eigenvalue weighted by molar-refractivity contribution is 0.117. The van der Waals surface area contributed by atoms with Gasteiger partial charge in [-0.2, -0.15) is 0 Å². The lowest BCUT2D eigenvalue weighted by Crippen LogP contribution is -2.52. The minimum atomic E-state index is 0.620. The van der Waals surface area contributed by atoms with Crippen LogP contribution in [0.1, 0.15) is 19.4 Å². The van der Waals surface area contributed by atoms with E-state index >= 15 is 0 Å². The zero-order valence-electron chi connectivity index (χ0n) is 11.9. The quantitative estimate of drug-likeness (QED) is 0.920. The first kappa shape index (κ1) is 14.8. The molecule has 1 fully saturated rings. The summed E-state index contributed by atoms with van der Waals surface area (Å²) in [6.07, 6.45) is 0. The molecule has 1 heterocycles. The molecule has 0 amide bonds. The molecule has 4 heteroatoms. The van der Waals surface area contributed by atoms with E-state index in [0.717, 1.165) is 36.4 Å². The number of hydrogen-bond acceptors (Lipinski definition) is 3.